The van der Waals surface area contributed by atoms with E-state index in [0.717, 1.165) is 16.5 Å². The van der Waals surface area contributed by atoms with Gasteiger partial charge < -0.3 is 4.57 Å². The van der Waals surface area contributed by atoms with E-state index in [1.54, 1.807) is 0 Å². The Labute approximate surface area is 111 Å². The first-order valence-electron chi connectivity index (χ1n) is 5.64. The molecule has 4 nitrogen and oxygen atoms in total. The molecule has 1 atom stereocenters. The maximum atomic E-state index is 8.82. The standard InChI is InChI=1S/C13H14N4S/c1-9-5-4-6-11(7-9)12-15-16-13(17(12)3)18-10(2)8-14/h4-7,10H,1-3H3. The quantitative estimate of drug-likeness (QED) is 0.794. The van der Waals surface area contributed by atoms with Crippen molar-refractivity contribution < 1.29 is 0 Å². The number of hydrogen-bond donors (Lipinski definition) is 0. The highest BCUT2D eigenvalue weighted by molar-refractivity contribution is 8.00. The van der Waals surface area contributed by atoms with Crippen molar-refractivity contribution in [3.05, 3.63) is 29.8 Å². The number of hydrogen-bond acceptors (Lipinski definition) is 4. The smallest absolute Gasteiger partial charge is 0.192 e. The van der Waals surface area contributed by atoms with Crippen molar-refractivity contribution in [1.82, 2.24) is 14.8 Å². The van der Waals surface area contributed by atoms with Crippen LogP contribution in [0.25, 0.3) is 11.4 Å². The Kier molecular flexibility index (Phi) is 3.68. The van der Waals surface area contributed by atoms with Crippen LogP contribution in [-0.2, 0) is 7.05 Å². The summed E-state index contributed by atoms with van der Waals surface area (Å²) in [6, 6.07) is 10.3. The molecule has 5 heteroatoms. The molecule has 0 saturated carbocycles. The molecule has 18 heavy (non-hydrogen) atoms. The monoisotopic (exact) mass is 258 g/mol. The van der Waals surface area contributed by atoms with Crippen LogP contribution in [0.5, 0.6) is 0 Å². The molecule has 1 aromatic carbocycles. The van der Waals surface area contributed by atoms with E-state index >= 15 is 0 Å². The molecule has 0 saturated heterocycles. The van der Waals surface area contributed by atoms with Gasteiger partial charge in [0.2, 0.25) is 0 Å². The molecule has 0 aliphatic carbocycles. The van der Waals surface area contributed by atoms with Crippen molar-refractivity contribution in [3.8, 4) is 17.5 Å². The van der Waals surface area contributed by atoms with Gasteiger partial charge in [-0.2, -0.15) is 5.26 Å². The second kappa shape index (κ2) is 5.23. The Bertz CT molecular complexity index is 597. The van der Waals surface area contributed by atoms with Crippen LogP contribution in [0.2, 0.25) is 0 Å². The molecule has 0 amide bonds. The molecule has 1 heterocycles. The summed E-state index contributed by atoms with van der Waals surface area (Å²) in [7, 11) is 1.92. The van der Waals surface area contributed by atoms with Gasteiger partial charge in [-0.15, -0.1) is 10.2 Å². The van der Waals surface area contributed by atoms with Crippen LogP contribution in [-0.4, -0.2) is 20.0 Å². The van der Waals surface area contributed by atoms with Crippen LogP contribution in [0.1, 0.15) is 12.5 Å². The van der Waals surface area contributed by atoms with Crippen molar-refractivity contribution >= 4 is 11.8 Å². The summed E-state index contributed by atoms with van der Waals surface area (Å²) in [5, 5.41) is 17.8. The fourth-order valence-corrected chi connectivity index (χ4v) is 2.34. The predicted molar refractivity (Wildman–Crippen MR) is 72.1 cm³/mol. The van der Waals surface area contributed by atoms with E-state index in [1.165, 1.54) is 17.3 Å². The Morgan fingerprint density at radius 3 is 2.83 bits per heavy atom. The van der Waals surface area contributed by atoms with Gasteiger partial charge in [0.15, 0.2) is 11.0 Å². The fraction of sp³-hybridized carbons (Fsp3) is 0.308. The van der Waals surface area contributed by atoms with E-state index in [1.807, 2.05) is 43.7 Å². The molecule has 2 aromatic rings. The normalized spacial score (nSPS) is 12.1. The van der Waals surface area contributed by atoms with Gasteiger partial charge in [0, 0.05) is 12.6 Å². The molecule has 2 rings (SSSR count). The molecular weight excluding hydrogens is 244 g/mol. The van der Waals surface area contributed by atoms with E-state index in [2.05, 4.69) is 22.3 Å². The molecule has 0 bridgehead atoms. The molecule has 92 valence electrons. The lowest BCUT2D eigenvalue weighted by molar-refractivity contribution is 0.792. The van der Waals surface area contributed by atoms with Gasteiger partial charge in [0.1, 0.15) is 0 Å². The summed E-state index contributed by atoms with van der Waals surface area (Å²) < 4.78 is 1.92. The molecule has 1 aromatic heterocycles. The first kappa shape index (κ1) is 12.7. The number of nitriles is 1. The van der Waals surface area contributed by atoms with Crippen molar-refractivity contribution in [3.63, 3.8) is 0 Å². The Hall–Kier alpha value is -1.80. The Morgan fingerprint density at radius 2 is 2.17 bits per heavy atom. The van der Waals surface area contributed by atoms with Gasteiger partial charge in [-0.25, -0.2) is 0 Å². The summed E-state index contributed by atoms with van der Waals surface area (Å²) in [4.78, 5) is 0. The van der Waals surface area contributed by atoms with Crippen molar-refractivity contribution in [2.45, 2.75) is 24.3 Å². The molecule has 0 N–H and O–H groups in total. The highest BCUT2D eigenvalue weighted by atomic mass is 32.2. The number of aromatic nitrogens is 3. The number of aryl methyl sites for hydroxylation is 1. The largest absolute Gasteiger partial charge is 0.305 e. The zero-order valence-corrected chi connectivity index (χ0v) is 11.4. The van der Waals surface area contributed by atoms with E-state index in [9.17, 15) is 0 Å². The average Bonchev–Trinajstić information content (AvgIpc) is 2.71. The maximum Gasteiger partial charge on any atom is 0.192 e. The minimum Gasteiger partial charge on any atom is -0.305 e. The lowest BCUT2D eigenvalue weighted by atomic mass is 10.1. The first-order chi connectivity index (χ1) is 8.61. The van der Waals surface area contributed by atoms with Gasteiger partial charge in [-0.3, -0.25) is 0 Å². The topological polar surface area (TPSA) is 54.5 Å². The van der Waals surface area contributed by atoms with Crippen LogP contribution in [0.3, 0.4) is 0 Å². The lowest BCUT2D eigenvalue weighted by Crippen LogP contribution is -1.98. The number of rotatable bonds is 3. The SMILES string of the molecule is Cc1cccc(-c2nnc(SC(C)C#N)n2C)c1. The maximum absolute atomic E-state index is 8.82. The van der Waals surface area contributed by atoms with Crippen LogP contribution in [0.4, 0.5) is 0 Å². The molecule has 0 aliphatic heterocycles. The second-order valence-corrected chi connectivity index (χ2v) is 5.43. The summed E-state index contributed by atoms with van der Waals surface area (Å²) in [6.45, 7) is 3.90. The van der Waals surface area contributed by atoms with Crippen LogP contribution >= 0.6 is 11.8 Å². The van der Waals surface area contributed by atoms with E-state index in [-0.39, 0.29) is 5.25 Å². The molecular formula is C13H14N4S. The third-order valence-corrected chi connectivity index (χ3v) is 3.60. The fourth-order valence-electron chi connectivity index (χ4n) is 1.64. The first-order valence-corrected chi connectivity index (χ1v) is 6.52. The van der Waals surface area contributed by atoms with Crippen molar-refractivity contribution in [2.24, 2.45) is 7.05 Å². The van der Waals surface area contributed by atoms with Gasteiger partial charge in [0.25, 0.3) is 0 Å². The highest BCUT2D eigenvalue weighted by Gasteiger charge is 2.13. The van der Waals surface area contributed by atoms with Crippen LogP contribution in [0, 0.1) is 18.3 Å². The van der Waals surface area contributed by atoms with Gasteiger partial charge in [-0.1, -0.05) is 35.5 Å². The van der Waals surface area contributed by atoms with E-state index in [4.69, 9.17) is 5.26 Å². The highest BCUT2D eigenvalue weighted by Crippen LogP contribution is 2.25. The summed E-state index contributed by atoms with van der Waals surface area (Å²) in [5.74, 6) is 0.825. The van der Waals surface area contributed by atoms with E-state index < -0.39 is 0 Å². The summed E-state index contributed by atoms with van der Waals surface area (Å²) in [5.41, 5.74) is 2.23. The number of thioether (sulfide) groups is 1. The third kappa shape index (κ3) is 2.54. The van der Waals surface area contributed by atoms with E-state index in [0.29, 0.717) is 0 Å². The van der Waals surface area contributed by atoms with Gasteiger partial charge in [-0.05, 0) is 19.9 Å². The summed E-state index contributed by atoms with van der Waals surface area (Å²) >= 11 is 1.42. The molecule has 0 spiro atoms. The molecule has 0 radical (unpaired) electrons. The average molecular weight is 258 g/mol. The molecule has 0 fully saturated rings. The third-order valence-electron chi connectivity index (χ3n) is 2.58. The Morgan fingerprint density at radius 1 is 1.39 bits per heavy atom. The zero-order valence-electron chi connectivity index (χ0n) is 10.6. The van der Waals surface area contributed by atoms with Crippen molar-refractivity contribution in [2.75, 3.05) is 0 Å². The van der Waals surface area contributed by atoms with Crippen molar-refractivity contribution in [1.29, 1.82) is 5.26 Å². The van der Waals surface area contributed by atoms with Crippen LogP contribution < -0.4 is 0 Å². The molecule has 1 unspecified atom stereocenters. The van der Waals surface area contributed by atoms with Gasteiger partial charge in [0.05, 0.1) is 11.3 Å². The zero-order chi connectivity index (χ0) is 13.1. The van der Waals surface area contributed by atoms with Gasteiger partial charge >= 0.3 is 0 Å². The lowest BCUT2D eigenvalue weighted by Gasteiger charge is -2.05. The second-order valence-electron chi connectivity index (χ2n) is 4.12. The predicted octanol–water partition coefficient (Wildman–Crippen LogP) is 2.79. The number of nitrogens with zero attached hydrogens (tertiary/aromatic N) is 4. The Balaban J connectivity index is 2.34. The minimum atomic E-state index is -0.127. The minimum absolute atomic E-state index is 0.127. The van der Waals surface area contributed by atoms with Crippen LogP contribution in [0.15, 0.2) is 29.4 Å². The summed E-state index contributed by atoms with van der Waals surface area (Å²) in [6.07, 6.45) is 0. The number of benzene rings is 1. The molecule has 0 aliphatic rings.